The summed E-state index contributed by atoms with van der Waals surface area (Å²) in [6.45, 7) is 4.26. The van der Waals surface area contributed by atoms with E-state index in [9.17, 15) is 4.79 Å². The van der Waals surface area contributed by atoms with E-state index in [1.54, 1.807) is 12.1 Å². The van der Waals surface area contributed by atoms with Crippen LogP contribution in [0.1, 0.15) is 42.3 Å². The van der Waals surface area contributed by atoms with Gasteiger partial charge in [-0.1, -0.05) is 19.0 Å². The Labute approximate surface area is 135 Å². The number of aryl methyl sites for hydroxylation is 1. The molecule has 1 amide bonds. The van der Waals surface area contributed by atoms with E-state index < -0.39 is 0 Å². The van der Waals surface area contributed by atoms with Crippen molar-refractivity contribution in [1.82, 2.24) is 15.5 Å². The number of aliphatic hydroxyl groups excluding tert-OH is 1. The van der Waals surface area contributed by atoms with Gasteiger partial charge in [-0.3, -0.25) is 4.79 Å². The number of aliphatic hydroxyl groups is 1. The van der Waals surface area contributed by atoms with Crippen molar-refractivity contribution in [3.8, 4) is 0 Å². The molecule has 0 saturated carbocycles. The van der Waals surface area contributed by atoms with Crippen molar-refractivity contribution in [2.75, 3.05) is 11.9 Å². The summed E-state index contributed by atoms with van der Waals surface area (Å²) in [6.07, 6.45) is 1.40. The fourth-order valence-electron chi connectivity index (χ4n) is 1.97. The van der Waals surface area contributed by atoms with Gasteiger partial charge in [0.15, 0.2) is 5.82 Å². The van der Waals surface area contributed by atoms with Crippen LogP contribution >= 0.6 is 0 Å². The first kappa shape index (κ1) is 17.0. The molecule has 1 atom stereocenters. The lowest BCUT2D eigenvalue weighted by Crippen LogP contribution is -2.36. The van der Waals surface area contributed by atoms with Gasteiger partial charge < -0.3 is 20.3 Å². The van der Waals surface area contributed by atoms with Crippen LogP contribution in [0, 0.1) is 0 Å². The van der Waals surface area contributed by atoms with Crippen LogP contribution in [0.3, 0.4) is 0 Å². The number of carbonyl (C=O) groups excluding carboxylic acids is 1. The molecule has 2 rings (SSSR count). The van der Waals surface area contributed by atoms with E-state index in [2.05, 4.69) is 20.8 Å². The molecule has 7 heteroatoms. The summed E-state index contributed by atoms with van der Waals surface area (Å²) >= 11 is 0. The van der Waals surface area contributed by atoms with Crippen LogP contribution in [0.15, 0.2) is 28.8 Å². The van der Waals surface area contributed by atoms with E-state index in [1.165, 1.54) is 0 Å². The van der Waals surface area contributed by atoms with E-state index in [0.29, 0.717) is 36.7 Å². The molecule has 0 fully saturated rings. The Morgan fingerprint density at radius 3 is 2.61 bits per heavy atom. The van der Waals surface area contributed by atoms with Crippen molar-refractivity contribution in [2.24, 2.45) is 0 Å². The van der Waals surface area contributed by atoms with Crippen LogP contribution in [-0.4, -0.2) is 33.8 Å². The summed E-state index contributed by atoms with van der Waals surface area (Å²) in [4.78, 5) is 16.2. The van der Waals surface area contributed by atoms with Crippen LogP contribution in [0.2, 0.25) is 0 Å². The Morgan fingerprint density at radius 1 is 1.30 bits per heavy atom. The molecule has 0 aliphatic rings. The molecule has 1 aromatic heterocycles. The van der Waals surface area contributed by atoms with Gasteiger partial charge in [0.25, 0.3) is 5.91 Å². The highest BCUT2D eigenvalue weighted by molar-refractivity contribution is 5.94. The number of anilines is 1. The van der Waals surface area contributed by atoms with E-state index in [1.807, 2.05) is 26.0 Å². The number of hydrogen-bond acceptors (Lipinski definition) is 6. The highest BCUT2D eigenvalue weighted by Crippen LogP contribution is 2.11. The maximum absolute atomic E-state index is 12.0. The first-order chi connectivity index (χ1) is 11.2. The number of nitrogens with zero attached hydrogens (tertiary/aromatic N) is 2. The summed E-state index contributed by atoms with van der Waals surface area (Å²) in [7, 11) is 0. The Hall–Kier alpha value is -2.41. The van der Waals surface area contributed by atoms with Crippen LogP contribution in [-0.2, 0) is 13.0 Å². The van der Waals surface area contributed by atoms with Gasteiger partial charge in [-0.2, -0.15) is 4.98 Å². The SMILES string of the molecule is CCc1nc(CNc2ccc(C(=O)NC(CC)CO)cc2)no1. The van der Waals surface area contributed by atoms with Gasteiger partial charge in [0.1, 0.15) is 0 Å². The second-order valence-corrected chi connectivity index (χ2v) is 5.15. The molecule has 7 nitrogen and oxygen atoms in total. The Balaban J connectivity index is 1.89. The second kappa shape index (κ2) is 8.28. The first-order valence-corrected chi connectivity index (χ1v) is 7.73. The maximum Gasteiger partial charge on any atom is 0.251 e. The highest BCUT2D eigenvalue weighted by Gasteiger charge is 2.11. The van der Waals surface area contributed by atoms with Gasteiger partial charge >= 0.3 is 0 Å². The number of benzene rings is 1. The van der Waals surface area contributed by atoms with Gasteiger partial charge in [-0.15, -0.1) is 0 Å². The first-order valence-electron chi connectivity index (χ1n) is 7.73. The zero-order chi connectivity index (χ0) is 16.7. The zero-order valence-electron chi connectivity index (χ0n) is 13.4. The largest absolute Gasteiger partial charge is 0.394 e. The molecule has 2 aromatic rings. The zero-order valence-corrected chi connectivity index (χ0v) is 13.4. The van der Waals surface area contributed by atoms with Gasteiger partial charge in [0.2, 0.25) is 5.89 Å². The van der Waals surface area contributed by atoms with Gasteiger partial charge in [0.05, 0.1) is 19.2 Å². The van der Waals surface area contributed by atoms with E-state index in [4.69, 9.17) is 9.63 Å². The van der Waals surface area contributed by atoms with E-state index in [0.717, 1.165) is 5.69 Å². The van der Waals surface area contributed by atoms with E-state index in [-0.39, 0.29) is 18.6 Å². The summed E-state index contributed by atoms with van der Waals surface area (Å²) in [5, 5.41) is 18.9. The molecular formula is C16H22N4O3. The summed E-state index contributed by atoms with van der Waals surface area (Å²) < 4.78 is 5.04. The van der Waals surface area contributed by atoms with Crippen molar-refractivity contribution in [3.05, 3.63) is 41.5 Å². The summed E-state index contributed by atoms with van der Waals surface area (Å²) in [6, 6.07) is 6.88. The minimum atomic E-state index is -0.216. The third kappa shape index (κ3) is 4.79. The minimum absolute atomic E-state index is 0.0632. The van der Waals surface area contributed by atoms with Crippen LogP contribution < -0.4 is 10.6 Å². The topological polar surface area (TPSA) is 100 Å². The number of nitrogens with one attached hydrogen (secondary N) is 2. The third-order valence-electron chi connectivity index (χ3n) is 3.46. The predicted octanol–water partition coefficient (Wildman–Crippen LogP) is 1.74. The fourth-order valence-corrected chi connectivity index (χ4v) is 1.97. The number of rotatable bonds is 8. The molecule has 0 radical (unpaired) electrons. The molecule has 1 heterocycles. The number of hydrogen-bond donors (Lipinski definition) is 3. The van der Waals surface area contributed by atoms with Gasteiger partial charge in [-0.25, -0.2) is 0 Å². The quantitative estimate of drug-likeness (QED) is 0.685. The van der Waals surface area contributed by atoms with Gasteiger partial charge in [-0.05, 0) is 30.7 Å². The molecule has 1 aromatic carbocycles. The predicted molar refractivity (Wildman–Crippen MR) is 86.1 cm³/mol. The monoisotopic (exact) mass is 318 g/mol. The molecule has 23 heavy (non-hydrogen) atoms. The number of carbonyl (C=O) groups is 1. The highest BCUT2D eigenvalue weighted by atomic mass is 16.5. The molecule has 0 spiro atoms. The van der Waals surface area contributed by atoms with Crippen molar-refractivity contribution in [1.29, 1.82) is 0 Å². The average Bonchev–Trinajstić information content (AvgIpc) is 3.06. The van der Waals surface area contributed by atoms with Crippen molar-refractivity contribution < 1.29 is 14.4 Å². The van der Waals surface area contributed by atoms with Crippen molar-refractivity contribution in [2.45, 2.75) is 39.3 Å². The van der Waals surface area contributed by atoms with Crippen LogP contribution in [0.4, 0.5) is 5.69 Å². The lowest BCUT2D eigenvalue weighted by atomic mass is 10.1. The smallest absolute Gasteiger partial charge is 0.251 e. The molecule has 3 N–H and O–H groups in total. The van der Waals surface area contributed by atoms with Crippen molar-refractivity contribution in [3.63, 3.8) is 0 Å². The summed E-state index contributed by atoms with van der Waals surface area (Å²) in [5.74, 6) is 1.02. The number of aromatic nitrogens is 2. The Morgan fingerprint density at radius 2 is 2.04 bits per heavy atom. The molecule has 1 unspecified atom stereocenters. The molecule has 0 bridgehead atoms. The third-order valence-corrected chi connectivity index (χ3v) is 3.46. The van der Waals surface area contributed by atoms with Crippen LogP contribution in [0.5, 0.6) is 0 Å². The molecule has 0 aliphatic carbocycles. The standard InChI is InChI=1S/C16H22N4O3/c1-3-12(10-21)18-16(22)11-5-7-13(8-6-11)17-9-14-19-15(4-2)23-20-14/h5-8,12,17,21H,3-4,9-10H2,1-2H3,(H,18,22). The van der Waals surface area contributed by atoms with E-state index >= 15 is 0 Å². The molecule has 124 valence electrons. The molecule has 0 saturated heterocycles. The molecule has 0 aliphatic heterocycles. The Bertz CT molecular complexity index is 621. The minimum Gasteiger partial charge on any atom is -0.394 e. The maximum atomic E-state index is 12.0. The molecular weight excluding hydrogens is 296 g/mol. The average molecular weight is 318 g/mol. The van der Waals surface area contributed by atoms with Crippen molar-refractivity contribution >= 4 is 11.6 Å². The van der Waals surface area contributed by atoms with Gasteiger partial charge in [0, 0.05) is 17.7 Å². The second-order valence-electron chi connectivity index (χ2n) is 5.15. The summed E-state index contributed by atoms with van der Waals surface area (Å²) in [5.41, 5.74) is 1.41. The lowest BCUT2D eigenvalue weighted by molar-refractivity contribution is 0.0915. The normalized spacial score (nSPS) is 12.0. The van der Waals surface area contributed by atoms with Crippen LogP contribution in [0.25, 0.3) is 0 Å². The number of amides is 1. The fraction of sp³-hybridized carbons (Fsp3) is 0.438. The Kier molecular flexibility index (Phi) is 6.10. The lowest BCUT2D eigenvalue weighted by Gasteiger charge is -2.14.